The summed E-state index contributed by atoms with van der Waals surface area (Å²) in [4.78, 5) is 28.5. The maximum Gasteiger partial charge on any atom is 0.317 e. The number of nitrogens with two attached hydrogens (primary N) is 1. The monoisotopic (exact) mass is 286 g/mol. The molecular weight excluding hydrogens is 256 g/mol. The minimum Gasteiger partial charge on any atom is -0.480 e. The van der Waals surface area contributed by atoms with Crippen molar-refractivity contribution in [3.05, 3.63) is 0 Å². The molecule has 0 aromatic rings. The first-order chi connectivity index (χ1) is 7.63. The van der Waals surface area contributed by atoms with Gasteiger partial charge in [0.25, 0.3) is 0 Å². The SMILES string of the molecule is C.CC(C)=O.CC(C)NCC(=O)O.NCC(=O)O.O.[HH]. The Balaban J connectivity index is -0.0000000363. The van der Waals surface area contributed by atoms with Crippen LogP contribution >= 0.6 is 0 Å². The third-order valence-electron chi connectivity index (χ3n) is 0.836. The Kier molecular flexibility index (Phi) is 34.9. The summed E-state index contributed by atoms with van der Waals surface area (Å²) in [6.07, 6.45) is 0. The molecule has 0 unspecified atom stereocenters. The summed E-state index contributed by atoms with van der Waals surface area (Å²) < 4.78 is 0. The lowest BCUT2D eigenvalue weighted by molar-refractivity contribution is -0.136. The molecule has 0 radical (unpaired) electrons. The van der Waals surface area contributed by atoms with E-state index in [4.69, 9.17) is 10.2 Å². The van der Waals surface area contributed by atoms with Crippen LogP contribution in [0.3, 0.4) is 0 Å². The number of carboxylic acid groups (broad SMARTS) is 2. The quantitative estimate of drug-likeness (QED) is 0.554. The van der Waals surface area contributed by atoms with Gasteiger partial charge in [0, 0.05) is 7.47 Å². The molecule has 19 heavy (non-hydrogen) atoms. The minimum atomic E-state index is -0.968. The summed E-state index contributed by atoms with van der Waals surface area (Å²) in [5, 5.41) is 18.4. The molecule has 0 aliphatic heterocycles. The molecule has 0 aliphatic rings. The Labute approximate surface area is 115 Å². The van der Waals surface area contributed by atoms with E-state index in [1.165, 1.54) is 13.8 Å². The fourth-order valence-electron chi connectivity index (χ4n) is 0.291. The Bertz CT molecular complexity index is 233. The maximum atomic E-state index is 9.84. The van der Waals surface area contributed by atoms with Crippen molar-refractivity contribution in [2.45, 2.75) is 41.2 Å². The molecule has 0 heterocycles. The van der Waals surface area contributed by atoms with E-state index < -0.39 is 11.9 Å². The second-order valence-electron chi connectivity index (χ2n) is 3.44. The van der Waals surface area contributed by atoms with Gasteiger partial charge in [0.15, 0.2) is 0 Å². The Morgan fingerprint density at radius 1 is 1.16 bits per heavy atom. The van der Waals surface area contributed by atoms with Crippen LogP contribution in [0.15, 0.2) is 0 Å². The second kappa shape index (κ2) is 21.7. The third-order valence-corrected chi connectivity index (χ3v) is 0.836. The van der Waals surface area contributed by atoms with E-state index in [2.05, 4.69) is 11.1 Å². The Hall–Kier alpha value is -1.51. The molecule has 0 saturated carbocycles. The van der Waals surface area contributed by atoms with Crippen LogP contribution in [0.2, 0.25) is 0 Å². The van der Waals surface area contributed by atoms with Crippen LogP contribution in [0.4, 0.5) is 0 Å². The fourth-order valence-corrected chi connectivity index (χ4v) is 0.291. The highest BCUT2D eigenvalue weighted by Crippen LogP contribution is 1.72. The first-order valence-corrected chi connectivity index (χ1v) is 4.97. The van der Waals surface area contributed by atoms with Gasteiger partial charge < -0.3 is 31.5 Å². The molecule has 7 N–H and O–H groups in total. The van der Waals surface area contributed by atoms with Gasteiger partial charge in [-0.3, -0.25) is 9.59 Å². The first kappa shape index (κ1) is 30.5. The maximum absolute atomic E-state index is 9.84. The van der Waals surface area contributed by atoms with Gasteiger partial charge in [0.1, 0.15) is 5.78 Å². The van der Waals surface area contributed by atoms with Crippen molar-refractivity contribution in [2.75, 3.05) is 13.1 Å². The number of rotatable bonds is 4. The number of nitrogens with one attached hydrogen (secondary N) is 1. The molecule has 0 amide bonds. The molecule has 8 heteroatoms. The molecule has 0 aromatic carbocycles. The number of carboxylic acids is 2. The lowest BCUT2D eigenvalue weighted by Crippen LogP contribution is -2.28. The molecule has 0 atom stereocenters. The van der Waals surface area contributed by atoms with Crippen LogP contribution in [-0.2, 0) is 14.4 Å². The van der Waals surface area contributed by atoms with Crippen molar-refractivity contribution in [1.82, 2.24) is 5.32 Å². The van der Waals surface area contributed by atoms with Gasteiger partial charge in [-0.2, -0.15) is 0 Å². The standard InChI is InChI=1S/C5H11NO2.C3H6O.C2H5NO2.CH4.H2O.H2/c1-4(2)6-3-5(7)8;1-3(2)4;3-1-2(4)5;;;/h4,6H,3H2,1-2H3,(H,7,8);1-2H3;1,3H2,(H,4,5);1H4;1H2;1H. The van der Waals surface area contributed by atoms with Gasteiger partial charge in [-0.05, 0) is 13.8 Å². The number of Topliss-reactive ketones (excluding diaryl/α,β-unsaturated/α-hetero) is 1. The molecule has 0 fully saturated rings. The molecule has 0 rings (SSSR count). The van der Waals surface area contributed by atoms with Gasteiger partial charge in [-0.15, -0.1) is 0 Å². The van der Waals surface area contributed by atoms with Crippen molar-refractivity contribution < 1.29 is 31.5 Å². The lowest BCUT2D eigenvalue weighted by atomic mass is 10.4. The zero-order valence-corrected chi connectivity index (χ0v) is 11.2. The summed E-state index contributed by atoms with van der Waals surface area (Å²) in [7, 11) is 0. The average Bonchev–Trinajstić information content (AvgIpc) is 2.14. The summed E-state index contributed by atoms with van der Waals surface area (Å²) in [6, 6.07) is 0.256. The zero-order valence-electron chi connectivity index (χ0n) is 11.2. The molecule has 0 spiro atoms. The molecule has 0 saturated heterocycles. The van der Waals surface area contributed by atoms with Gasteiger partial charge in [-0.1, -0.05) is 21.3 Å². The van der Waals surface area contributed by atoms with E-state index in [0.29, 0.717) is 0 Å². The van der Waals surface area contributed by atoms with Crippen molar-refractivity contribution in [3.63, 3.8) is 0 Å². The fraction of sp³-hybridized carbons (Fsp3) is 0.727. The van der Waals surface area contributed by atoms with Crippen LogP contribution in [0.1, 0.15) is 36.5 Å². The summed E-state index contributed by atoms with van der Waals surface area (Å²) in [5.41, 5.74) is 4.57. The van der Waals surface area contributed by atoms with E-state index in [9.17, 15) is 14.4 Å². The molecular formula is C11H30N2O6. The molecule has 0 bridgehead atoms. The van der Waals surface area contributed by atoms with E-state index in [0.717, 1.165) is 0 Å². The van der Waals surface area contributed by atoms with Gasteiger partial charge in [0.05, 0.1) is 13.1 Å². The van der Waals surface area contributed by atoms with Crippen molar-refractivity contribution in [2.24, 2.45) is 5.73 Å². The van der Waals surface area contributed by atoms with E-state index in [-0.39, 0.29) is 39.2 Å². The van der Waals surface area contributed by atoms with E-state index in [1.807, 2.05) is 13.8 Å². The summed E-state index contributed by atoms with van der Waals surface area (Å²) in [5.74, 6) is -1.61. The predicted molar refractivity (Wildman–Crippen MR) is 76.3 cm³/mol. The number of aliphatic carboxylic acids is 2. The molecule has 8 nitrogen and oxygen atoms in total. The van der Waals surface area contributed by atoms with E-state index >= 15 is 0 Å². The summed E-state index contributed by atoms with van der Waals surface area (Å²) in [6.45, 7) is 6.64. The third kappa shape index (κ3) is 115. The predicted octanol–water partition coefficient (Wildman–Crippen LogP) is -0.249. The molecule has 0 aliphatic carbocycles. The average molecular weight is 286 g/mol. The Morgan fingerprint density at radius 2 is 1.42 bits per heavy atom. The van der Waals surface area contributed by atoms with Crippen LogP contribution < -0.4 is 11.1 Å². The highest BCUT2D eigenvalue weighted by Gasteiger charge is 1.95. The number of hydrogen-bond acceptors (Lipinski definition) is 5. The van der Waals surface area contributed by atoms with Gasteiger partial charge >= 0.3 is 11.9 Å². The topological polar surface area (TPSA) is 161 Å². The van der Waals surface area contributed by atoms with Crippen molar-refractivity contribution >= 4 is 17.7 Å². The van der Waals surface area contributed by atoms with Gasteiger partial charge in [-0.25, -0.2) is 0 Å². The number of carbonyl (C=O) groups excluding carboxylic acids is 1. The summed E-state index contributed by atoms with van der Waals surface area (Å²) >= 11 is 0. The zero-order chi connectivity index (χ0) is 14.4. The minimum absolute atomic E-state index is 0. The smallest absolute Gasteiger partial charge is 0.317 e. The normalized spacial score (nSPS) is 7.47. The van der Waals surface area contributed by atoms with Crippen LogP contribution in [0.25, 0.3) is 0 Å². The molecule has 120 valence electrons. The Morgan fingerprint density at radius 3 is 1.47 bits per heavy atom. The highest BCUT2D eigenvalue weighted by atomic mass is 16.4. The number of hydrogen-bond donors (Lipinski definition) is 4. The van der Waals surface area contributed by atoms with Crippen LogP contribution in [0.5, 0.6) is 0 Å². The second-order valence-corrected chi connectivity index (χ2v) is 3.44. The van der Waals surface area contributed by atoms with Crippen LogP contribution in [-0.4, -0.2) is 52.5 Å². The van der Waals surface area contributed by atoms with Gasteiger partial charge in [0.2, 0.25) is 0 Å². The van der Waals surface area contributed by atoms with Crippen molar-refractivity contribution in [3.8, 4) is 0 Å². The lowest BCUT2D eigenvalue weighted by Gasteiger charge is -2.02. The largest absolute Gasteiger partial charge is 0.480 e. The van der Waals surface area contributed by atoms with Crippen molar-refractivity contribution in [1.29, 1.82) is 0 Å². The van der Waals surface area contributed by atoms with E-state index in [1.54, 1.807) is 0 Å². The number of carbonyl (C=O) groups is 3. The first-order valence-electron chi connectivity index (χ1n) is 4.97. The molecule has 0 aromatic heterocycles. The van der Waals surface area contributed by atoms with Crippen LogP contribution in [0, 0.1) is 0 Å². The number of ketones is 1. The highest BCUT2D eigenvalue weighted by molar-refractivity contribution is 5.72.